The first-order valence-corrected chi connectivity index (χ1v) is 13.5. The Morgan fingerprint density at radius 1 is 1.11 bits per heavy atom. The van der Waals surface area contributed by atoms with E-state index in [1.807, 2.05) is 38.4 Å². The number of hydrogen-bond donors (Lipinski definition) is 1. The summed E-state index contributed by atoms with van der Waals surface area (Å²) in [5.41, 5.74) is 5.86. The van der Waals surface area contributed by atoms with Crippen LogP contribution in [0.1, 0.15) is 17.5 Å². The van der Waals surface area contributed by atoms with Crippen LogP contribution in [0.3, 0.4) is 0 Å². The van der Waals surface area contributed by atoms with Crippen LogP contribution in [0.15, 0.2) is 68.2 Å². The van der Waals surface area contributed by atoms with Gasteiger partial charge in [-0.1, -0.05) is 79.3 Å². The van der Waals surface area contributed by atoms with Crippen molar-refractivity contribution in [2.24, 2.45) is 5.10 Å². The fourth-order valence-electron chi connectivity index (χ4n) is 4.87. The van der Waals surface area contributed by atoms with Crippen molar-refractivity contribution in [2.45, 2.75) is 19.7 Å². The zero-order valence-electron chi connectivity index (χ0n) is 20.4. The lowest BCUT2D eigenvalue weighted by atomic mass is 9.63. The van der Waals surface area contributed by atoms with Crippen LogP contribution in [0.4, 0.5) is 17.1 Å². The normalized spacial score (nSPS) is 16.0. The number of carbonyl (C=O) groups is 2. The number of nitrogens with zero attached hydrogens (tertiary/aromatic N) is 3. The maximum Gasteiger partial charge on any atom is 0.357 e. The van der Waals surface area contributed by atoms with Crippen molar-refractivity contribution in [1.82, 2.24) is 0 Å². The zero-order valence-corrected chi connectivity index (χ0v) is 23.6. The average molecular weight is 626 g/mol. The molecule has 1 amide bonds. The number of fused-ring (bicyclic) bond motifs is 1. The van der Waals surface area contributed by atoms with Crippen molar-refractivity contribution >= 4 is 112 Å². The lowest BCUT2D eigenvalue weighted by Gasteiger charge is -2.36. The van der Waals surface area contributed by atoms with E-state index in [0.717, 1.165) is 46.8 Å². The van der Waals surface area contributed by atoms with E-state index in [-0.39, 0.29) is 11.3 Å². The highest BCUT2D eigenvalue weighted by molar-refractivity contribution is 9.13. The second-order valence-electron chi connectivity index (χ2n) is 8.91. The van der Waals surface area contributed by atoms with Crippen molar-refractivity contribution < 1.29 is 14.7 Å². The SMILES string of the molecule is [B]c1c(Br)c(Br)c([B])c(N2CCCc3cc(/C=C4\C(=O)N(c5ccccc5)N=C4C(=O)O)ccc32)c1[B]C. The second kappa shape index (κ2) is 10.6. The summed E-state index contributed by atoms with van der Waals surface area (Å²) in [7, 11) is 14.9. The molecule has 5 radical (unpaired) electrons. The van der Waals surface area contributed by atoms with Crippen molar-refractivity contribution in [2.75, 3.05) is 16.5 Å². The summed E-state index contributed by atoms with van der Waals surface area (Å²) in [5, 5.41) is 15.0. The molecule has 0 spiro atoms. The first kappa shape index (κ1) is 26.6. The molecule has 0 fully saturated rings. The Labute approximate surface area is 241 Å². The zero-order chi connectivity index (χ0) is 27.1. The van der Waals surface area contributed by atoms with E-state index in [2.05, 4.69) is 41.9 Å². The van der Waals surface area contributed by atoms with Crippen molar-refractivity contribution in [3.63, 3.8) is 0 Å². The van der Waals surface area contributed by atoms with Crippen molar-refractivity contribution in [3.05, 3.63) is 74.2 Å². The van der Waals surface area contributed by atoms with Crippen molar-refractivity contribution in [1.29, 1.82) is 0 Å². The fraction of sp³-hybridized carbons (Fsp3) is 0.148. The molecule has 6 nitrogen and oxygen atoms in total. The van der Waals surface area contributed by atoms with Gasteiger partial charge in [-0.15, -0.1) is 0 Å². The second-order valence-corrected chi connectivity index (χ2v) is 10.5. The molecule has 0 bridgehead atoms. The maximum absolute atomic E-state index is 13.2. The molecular weight excluding hydrogens is 607 g/mol. The third kappa shape index (κ3) is 4.56. The summed E-state index contributed by atoms with van der Waals surface area (Å²) in [5.74, 6) is -1.75. The number of carbonyl (C=O) groups excluding carboxylic acids is 1. The minimum absolute atomic E-state index is 0.0331. The Hall–Kier alpha value is -3.04. The highest BCUT2D eigenvalue weighted by Gasteiger charge is 2.35. The van der Waals surface area contributed by atoms with E-state index < -0.39 is 11.9 Å². The average Bonchev–Trinajstić information content (AvgIpc) is 3.25. The van der Waals surface area contributed by atoms with E-state index in [1.165, 1.54) is 0 Å². The molecule has 2 heterocycles. The first-order valence-electron chi connectivity index (χ1n) is 11.9. The lowest BCUT2D eigenvalue weighted by Crippen LogP contribution is -2.43. The smallest absolute Gasteiger partial charge is 0.357 e. The van der Waals surface area contributed by atoms with Crippen LogP contribution in [-0.2, 0) is 16.0 Å². The molecule has 0 saturated heterocycles. The largest absolute Gasteiger partial charge is 0.476 e. The Bertz CT molecular complexity index is 1540. The highest BCUT2D eigenvalue weighted by atomic mass is 79.9. The van der Waals surface area contributed by atoms with Gasteiger partial charge in [0.25, 0.3) is 5.91 Å². The van der Waals surface area contributed by atoms with Crippen molar-refractivity contribution in [3.8, 4) is 0 Å². The fourth-order valence-corrected chi connectivity index (χ4v) is 5.70. The minimum Gasteiger partial charge on any atom is -0.476 e. The summed E-state index contributed by atoms with van der Waals surface area (Å²) in [6.07, 6.45) is 3.29. The molecule has 0 aliphatic carbocycles. The van der Waals surface area contributed by atoms with Gasteiger partial charge < -0.3 is 10.0 Å². The molecule has 3 aromatic rings. The van der Waals surface area contributed by atoms with Gasteiger partial charge in [-0.05, 0) is 54.3 Å². The minimum atomic E-state index is -1.26. The Kier molecular flexibility index (Phi) is 7.42. The number of amides is 1. The van der Waals surface area contributed by atoms with Gasteiger partial charge in [0.15, 0.2) is 5.71 Å². The van der Waals surface area contributed by atoms with E-state index in [0.29, 0.717) is 31.1 Å². The first-order chi connectivity index (χ1) is 18.2. The molecule has 11 heteroatoms. The number of aliphatic carboxylic acids is 1. The summed E-state index contributed by atoms with van der Waals surface area (Å²) in [6.45, 7) is 2.68. The lowest BCUT2D eigenvalue weighted by molar-refractivity contribution is -0.129. The Morgan fingerprint density at radius 2 is 1.82 bits per heavy atom. The number of anilines is 3. The molecular formula is C27H19B3Br2N3O3. The Balaban J connectivity index is 1.55. The number of carboxylic acids is 1. The molecule has 38 heavy (non-hydrogen) atoms. The number of hydrazone groups is 1. The van der Waals surface area contributed by atoms with Crippen LogP contribution >= 0.6 is 31.9 Å². The van der Waals surface area contributed by atoms with Crippen LogP contribution < -0.4 is 26.3 Å². The molecule has 2 aliphatic heterocycles. The number of rotatable bonds is 5. The standard InChI is InChI=1S/C27H19B3Br2N3O3/c1-30-21-19(28)22(31)23(32)20(29)25(21)34-11-5-6-15-12-14(9-10-18(15)34)13-17-24(27(37)38)33-35(26(17)36)16-7-3-2-4-8-16/h2-4,7-10,12-13H,5-6,11H2,1H3,(H,37,38)/b17-13-. The van der Waals surface area contributed by atoms with Crippen LogP contribution in [0.25, 0.3) is 6.08 Å². The molecule has 0 aromatic heterocycles. The number of para-hydroxylation sites is 1. The van der Waals surface area contributed by atoms with Gasteiger partial charge in [0.1, 0.15) is 23.0 Å². The summed E-state index contributed by atoms with van der Waals surface area (Å²) in [4.78, 5) is 27.3. The maximum atomic E-state index is 13.2. The molecule has 1 N–H and O–H groups in total. The number of halogens is 2. The van der Waals surface area contributed by atoms with Gasteiger partial charge in [-0.25, -0.2) is 4.79 Å². The third-order valence-electron chi connectivity index (χ3n) is 6.64. The number of carboxylic acid groups (broad SMARTS) is 1. The highest BCUT2D eigenvalue weighted by Crippen LogP contribution is 2.35. The van der Waals surface area contributed by atoms with Crippen LogP contribution in [0.2, 0.25) is 6.82 Å². The molecule has 3 aromatic carbocycles. The third-order valence-corrected chi connectivity index (χ3v) is 8.82. The summed E-state index contributed by atoms with van der Waals surface area (Å²) >= 11 is 7.08. The monoisotopic (exact) mass is 624 g/mol. The number of hydrogen-bond acceptors (Lipinski definition) is 4. The van der Waals surface area contributed by atoms with Gasteiger partial charge in [-0.3, -0.25) is 4.79 Å². The van der Waals surface area contributed by atoms with E-state index in [9.17, 15) is 14.7 Å². The van der Waals surface area contributed by atoms with Gasteiger partial charge in [0.05, 0.1) is 11.3 Å². The van der Waals surface area contributed by atoms with Gasteiger partial charge in [0, 0.05) is 26.9 Å². The Morgan fingerprint density at radius 3 is 2.50 bits per heavy atom. The topological polar surface area (TPSA) is 73.2 Å². The van der Waals surface area contributed by atoms with Crippen LogP contribution in [-0.4, -0.2) is 52.2 Å². The predicted molar refractivity (Wildman–Crippen MR) is 163 cm³/mol. The van der Waals surface area contributed by atoms with E-state index >= 15 is 0 Å². The number of benzene rings is 3. The van der Waals surface area contributed by atoms with Gasteiger partial charge >= 0.3 is 5.97 Å². The molecule has 0 saturated carbocycles. The molecule has 5 rings (SSSR count). The van der Waals surface area contributed by atoms with E-state index in [4.69, 9.17) is 15.7 Å². The number of aryl methyl sites for hydroxylation is 1. The molecule has 183 valence electrons. The van der Waals surface area contributed by atoms with E-state index in [1.54, 1.807) is 30.3 Å². The van der Waals surface area contributed by atoms with Crippen LogP contribution in [0, 0.1) is 0 Å². The summed E-state index contributed by atoms with van der Waals surface area (Å²) < 4.78 is 1.42. The quantitative estimate of drug-likeness (QED) is 0.350. The molecule has 2 aliphatic rings. The summed E-state index contributed by atoms with van der Waals surface area (Å²) in [6, 6.07) is 14.6. The molecule has 0 atom stereocenters. The van der Waals surface area contributed by atoms with Gasteiger partial charge in [-0.2, -0.15) is 10.1 Å². The molecule has 0 unspecified atom stereocenters. The predicted octanol–water partition coefficient (Wildman–Crippen LogP) is 3.13. The van der Waals surface area contributed by atoms with Gasteiger partial charge in [0.2, 0.25) is 0 Å². The van der Waals surface area contributed by atoms with Crippen LogP contribution in [0.5, 0.6) is 0 Å².